The normalized spacial score (nSPS) is 40.0. The number of hydrogen-bond donors (Lipinski definition) is 3. The highest BCUT2D eigenvalue weighted by molar-refractivity contribution is 6.39. The molecule has 4 aliphatic rings. The van der Waals surface area contributed by atoms with Crippen molar-refractivity contribution in [3.8, 4) is 0 Å². The average molecular weight is 832 g/mol. The van der Waals surface area contributed by atoms with Gasteiger partial charge in [-0.2, -0.15) is 0 Å². The number of Topliss-reactive ketones (excluding diaryl/α,β-unsaturated/α-hetero) is 2. The molecule has 59 heavy (non-hydrogen) atoms. The summed E-state index contributed by atoms with van der Waals surface area (Å²) in [6.45, 7) is 17.3. The van der Waals surface area contributed by atoms with E-state index in [2.05, 4.69) is 13.5 Å². The molecule has 13 heteroatoms. The third kappa shape index (κ3) is 12.2. The predicted octanol–water partition coefficient (Wildman–Crippen LogP) is 5.42. The van der Waals surface area contributed by atoms with Crippen molar-refractivity contribution in [1.82, 2.24) is 4.90 Å². The molecule has 3 heterocycles. The maximum Gasteiger partial charge on any atom is 0.329 e. The maximum absolute atomic E-state index is 14.3. The summed E-state index contributed by atoms with van der Waals surface area (Å²) in [5.41, 5.74) is 2.50. The predicted molar refractivity (Wildman–Crippen MR) is 222 cm³/mol. The Balaban J connectivity index is 1.73. The Hall–Kier alpha value is -2.78. The topological polar surface area (TPSA) is 178 Å². The van der Waals surface area contributed by atoms with Crippen molar-refractivity contribution in [3.05, 3.63) is 35.5 Å². The first-order valence-electron chi connectivity index (χ1n) is 21.9. The van der Waals surface area contributed by atoms with Gasteiger partial charge in [-0.3, -0.25) is 14.4 Å². The van der Waals surface area contributed by atoms with Crippen LogP contribution in [0, 0.1) is 29.6 Å². The molecule has 1 saturated carbocycles. The fourth-order valence-electron chi connectivity index (χ4n) is 9.59. The monoisotopic (exact) mass is 832 g/mol. The van der Waals surface area contributed by atoms with Crippen LogP contribution in [0.25, 0.3) is 0 Å². The van der Waals surface area contributed by atoms with Gasteiger partial charge < -0.3 is 43.9 Å². The van der Waals surface area contributed by atoms with E-state index < -0.39 is 83.9 Å². The molecule has 3 N–H and O–H groups in total. The Morgan fingerprint density at radius 1 is 0.949 bits per heavy atom. The van der Waals surface area contributed by atoms with Crippen LogP contribution < -0.4 is 0 Å². The van der Waals surface area contributed by atoms with E-state index in [4.69, 9.17) is 23.7 Å². The van der Waals surface area contributed by atoms with Gasteiger partial charge in [0.2, 0.25) is 5.79 Å². The Bertz CT molecular complexity index is 1540. The third-order valence-corrected chi connectivity index (χ3v) is 13.1. The Morgan fingerprint density at radius 2 is 1.63 bits per heavy atom. The van der Waals surface area contributed by atoms with Gasteiger partial charge >= 0.3 is 5.97 Å². The van der Waals surface area contributed by atoms with Gasteiger partial charge in [0.1, 0.15) is 24.0 Å². The van der Waals surface area contributed by atoms with Crippen LogP contribution in [0.15, 0.2) is 35.5 Å². The number of rotatable bonds is 8. The number of allylic oxidation sites excluding steroid dienone is 3. The lowest BCUT2D eigenvalue weighted by molar-refractivity contribution is -0.302. The van der Waals surface area contributed by atoms with Crippen LogP contribution in [-0.4, -0.2) is 126 Å². The van der Waals surface area contributed by atoms with Crippen LogP contribution in [-0.2, 0) is 42.9 Å². The summed E-state index contributed by atoms with van der Waals surface area (Å²) in [7, 11) is 3.06. The van der Waals surface area contributed by atoms with E-state index in [0.29, 0.717) is 63.5 Å². The first-order valence-corrected chi connectivity index (χ1v) is 21.9. The lowest BCUT2D eigenvalue weighted by Crippen LogP contribution is -2.64. The Labute approximate surface area is 351 Å². The van der Waals surface area contributed by atoms with Crippen LogP contribution in [0.5, 0.6) is 0 Å². The van der Waals surface area contributed by atoms with Gasteiger partial charge in [0, 0.05) is 44.9 Å². The van der Waals surface area contributed by atoms with E-state index in [9.17, 15) is 34.5 Å². The molecule has 3 aliphatic heterocycles. The SMILES string of the molecule is C=C(C)CO[C@@H]1CC[C@@H](/C=C(\C)[C@H]2OC(=O)[C@@H]3CCCCN3C(=O)C(=O)C3(O)O[C@H]([C@@H](OC)C[C@@H](C)C/C(C)=C/[C@@H](CC)C(=O)C[C@H](O)[C@H]2C)[C@@H](OC)C[C@@H]3C)C[C@H]1O. The van der Waals surface area contributed by atoms with Gasteiger partial charge in [-0.1, -0.05) is 57.6 Å². The number of cyclic esters (lactones) is 1. The van der Waals surface area contributed by atoms with Crippen molar-refractivity contribution in [1.29, 1.82) is 0 Å². The molecule has 1 aliphatic carbocycles. The molecule has 13 nitrogen and oxygen atoms in total. The summed E-state index contributed by atoms with van der Waals surface area (Å²) in [5.74, 6) is -7.65. The van der Waals surface area contributed by atoms with Gasteiger partial charge in [0.05, 0.1) is 37.1 Å². The number of piperidine rings is 1. The zero-order chi connectivity index (χ0) is 43.8. The molecule has 1 amide bonds. The lowest BCUT2D eigenvalue weighted by Gasteiger charge is -2.47. The molecule has 2 saturated heterocycles. The van der Waals surface area contributed by atoms with E-state index in [1.165, 1.54) is 19.1 Å². The number of fused-ring (bicyclic) bond motifs is 3. The number of ketones is 2. The molecule has 2 bridgehead atoms. The van der Waals surface area contributed by atoms with Crippen molar-refractivity contribution in [2.45, 2.75) is 174 Å². The zero-order valence-electron chi connectivity index (χ0n) is 37.0. The minimum atomic E-state index is -2.51. The first-order chi connectivity index (χ1) is 27.8. The van der Waals surface area contributed by atoms with Crippen LogP contribution in [0.3, 0.4) is 0 Å². The molecule has 334 valence electrons. The van der Waals surface area contributed by atoms with Gasteiger partial charge in [-0.15, -0.1) is 0 Å². The number of aliphatic hydroxyl groups is 3. The number of carbonyl (C=O) groups is 4. The van der Waals surface area contributed by atoms with Crippen molar-refractivity contribution in [2.75, 3.05) is 27.4 Å². The number of aliphatic hydroxyl groups excluding tert-OH is 2. The van der Waals surface area contributed by atoms with Gasteiger partial charge in [0.15, 0.2) is 0 Å². The highest BCUT2D eigenvalue weighted by Crippen LogP contribution is 2.39. The molecule has 1 unspecified atom stereocenters. The van der Waals surface area contributed by atoms with E-state index in [0.717, 1.165) is 11.1 Å². The quantitative estimate of drug-likeness (QED) is 0.161. The number of methoxy groups -OCH3 is 2. The molecule has 0 aromatic heterocycles. The minimum absolute atomic E-state index is 0.0298. The maximum atomic E-state index is 14.3. The number of carbonyl (C=O) groups excluding carboxylic acids is 4. The van der Waals surface area contributed by atoms with Crippen molar-refractivity contribution in [3.63, 3.8) is 0 Å². The van der Waals surface area contributed by atoms with Gasteiger partial charge in [-0.05, 0) is 102 Å². The van der Waals surface area contributed by atoms with E-state index in [-0.39, 0.29) is 49.5 Å². The molecular weight excluding hydrogens is 759 g/mol. The highest BCUT2D eigenvalue weighted by Gasteiger charge is 2.56. The summed E-state index contributed by atoms with van der Waals surface area (Å²) in [6, 6.07) is -1.14. The molecule has 0 spiro atoms. The van der Waals surface area contributed by atoms with Gasteiger partial charge in [0.25, 0.3) is 11.7 Å². The van der Waals surface area contributed by atoms with Crippen molar-refractivity contribution >= 4 is 23.4 Å². The highest BCUT2D eigenvalue weighted by atomic mass is 16.7. The standard InChI is InChI=1S/C46H73NO12/c1-11-33-19-27(4)18-28(5)20-39(55-9)42-40(56-10)22-30(7)46(54,59-42)43(51)44(52)47-17-13-12-14-34(47)45(53)58-41(31(8)35(48)24-36(33)49)29(6)21-32-15-16-38(37(50)23-32)57-25-26(2)3/h19,21,28,30-35,37-42,48,50,54H,2,11-18,20,22-25H2,1,3-10H3/b27-19+,29-21+/t28-,30-,31+,32-,33+,34-,35-,37+,38+,39-,40-,41+,42+,46?/m0/s1. The number of amides is 1. The van der Waals surface area contributed by atoms with Crippen molar-refractivity contribution < 1.29 is 58.2 Å². The second kappa shape index (κ2) is 21.8. The molecule has 0 radical (unpaired) electrons. The summed E-state index contributed by atoms with van der Waals surface area (Å²) in [5, 5.41) is 34.7. The molecule has 0 aromatic rings. The number of ether oxygens (including phenoxy) is 5. The second-order valence-electron chi connectivity index (χ2n) is 18.2. The molecular formula is C46H73NO12. The van der Waals surface area contributed by atoms with Crippen molar-refractivity contribution in [2.24, 2.45) is 29.6 Å². The fraction of sp³-hybridized carbons (Fsp3) is 0.783. The van der Waals surface area contributed by atoms with Crippen LogP contribution in [0.4, 0.5) is 0 Å². The number of nitrogens with zero attached hydrogens (tertiary/aromatic N) is 1. The Morgan fingerprint density at radius 3 is 2.25 bits per heavy atom. The van der Waals surface area contributed by atoms with Crippen LogP contribution >= 0.6 is 0 Å². The summed E-state index contributed by atoms with van der Waals surface area (Å²) < 4.78 is 30.1. The lowest BCUT2D eigenvalue weighted by atomic mass is 9.81. The number of esters is 1. The minimum Gasteiger partial charge on any atom is -0.456 e. The van der Waals surface area contributed by atoms with Crippen LogP contribution in [0.1, 0.15) is 119 Å². The van der Waals surface area contributed by atoms with E-state index in [1.807, 2.05) is 39.8 Å². The smallest absolute Gasteiger partial charge is 0.329 e. The summed E-state index contributed by atoms with van der Waals surface area (Å²) >= 11 is 0. The molecule has 0 aromatic carbocycles. The fourth-order valence-corrected chi connectivity index (χ4v) is 9.59. The van der Waals surface area contributed by atoms with Gasteiger partial charge in [-0.25, -0.2) is 4.79 Å². The third-order valence-electron chi connectivity index (χ3n) is 13.1. The molecule has 3 fully saturated rings. The Kier molecular flexibility index (Phi) is 18.1. The largest absolute Gasteiger partial charge is 0.456 e. The first kappa shape index (κ1) is 48.9. The second-order valence-corrected chi connectivity index (χ2v) is 18.2. The van der Waals surface area contributed by atoms with E-state index >= 15 is 0 Å². The zero-order valence-corrected chi connectivity index (χ0v) is 37.0. The molecule has 4 rings (SSSR count). The molecule has 14 atom stereocenters. The summed E-state index contributed by atoms with van der Waals surface area (Å²) in [4.78, 5) is 57.9. The average Bonchev–Trinajstić information content (AvgIpc) is 3.20. The van der Waals surface area contributed by atoms with E-state index in [1.54, 1.807) is 13.8 Å². The van der Waals surface area contributed by atoms with Crippen LogP contribution in [0.2, 0.25) is 0 Å². The number of hydrogen-bond acceptors (Lipinski definition) is 12. The summed E-state index contributed by atoms with van der Waals surface area (Å²) in [6.07, 6.45) is 3.44.